The average Bonchev–Trinajstić information content (AvgIpc) is 2.85. The molecule has 2 N–H and O–H groups in total. The molecule has 1 aliphatic heterocycles. The second-order valence-corrected chi connectivity index (χ2v) is 8.22. The Hall–Kier alpha value is -3.91. The Morgan fingerprint density at radius 2 is 1.91 bits per heavy atom. The highest BCUT2D eigenvalue weighted by Gasteiger charge is 2.27. The van der Waals surface area contributed by atoms with Gasteiger partial charge in [-0.1, -0.05) is 23.7 Å². The van der Waals surface area contributed by atoms with Crippen LogP contribution in [0.1, 0.15) is 34.0 Å². The van der Waals surface area contributed by atoms with Gasteiger partial charge in [-0.15, -0.1) is 0 Å². The van der Waals surface area contributed by atoms with Gasteiger partial charge in [0.2, 0.25) is 0 Å². The second kappa shape index (κ2) is 11.0. The van der Waals surface area contributed by atoms with Gasteiger partial charge in [0, 0.05) is 30.2 Å². The fourth-order valence-corrected chi connectivity index (χ4v) is 3.94. The van der Waals surface area contributed by atoms with Crippen molar-refractivity contribution in [3.63, 3.8) is 0 Å². The molecule has 0 spiro atoms. The van der Waals surface area contributed by atoms with Gasteiger partial charge in [0.1, 0.15) is 29.1 Å². The maximum atomic E-state index is 12.5. The summed E-state index contributed by atoms with van der Waals surface area (Å²) >= 11 is 6.37. The molecule has 0 aromatic heterocycles. The van der Waals surface area contributed by atoms with E-state index in [4.69, 9.17) is 35.7 Å². The third-order valence-corrected chi connectivity index (χ3v) is 5.76. The SMILES string of the molecule is COc1cccc(CCNC(=O)c2ccc(Oc3cc4c(cc3Cl)C(OC(=O)O)CCO4)cc2)c1. The van der Waals surface area contributed by atoms with E-state index in [1.807, 2.05) is 24.3 Å². The number of carbonyl (C=O) groups is 2. The summed E-state index contributed by atoms with van der Waals surface area (Å²) in [5.41, 5.74) is 2.12. The zero-order valence-corrected chi connectivity index (χ0v) is 19.7. The minimum absolute atomic E-state index is 0.191. The molecule has 35 heavy (non-hydrogen) atoms. The lowest BCUT2D eigenvalue weighted by Gasteiger charge is -2.25. The van der Waals surface area contributed by atoms with Crippen LogP contribution in [-0.2, 0) is 11.2 Å². The molecule has 8 nitrogen and oxygen atoms in total. The third-order valence-electron chi connectivity index (χ3n) is 5.47. The van der Waals surface area contributed by atoms with Crippen molar-refractivity contribution in [3.8, 4) is 23.0 Å². The zero-order chi connectivity index (χ0) is 24.8. The number of carboxylic acid groups (broad SMARTS) is 1. The van der Waals surface area contributed by atoms with E-state index in [1.165, 1.54) is 0 Å². The summed E-state index contributed by atoms with van der Waals surface area (Å²) < 4.78 is 21.6. The maximum absolute atomic E-state index is 12.5. The van der Waals surface area contributed by atoms with Crippen LogP contribution in [0.5, 0.6) is 23.0 Å². The van der Waals surface area contributed by atoms with E-state index in [0.29, 0.717) is 54.4 Å². The van der Waals surface area contributed by atoms with E-state index in [1.54, 1.807) is 43.5 Å². The van der Waals surface area contributed by atoms with Gasteiger partial charge in [-0.3, -0.25) is 4.79 Å². The van der Waals surface area contributed by atoms with Crippen molar-refractivity contribution in [2.75, 3.05) is 20.3 Å². The van der Waals surface area contributed by atoms with Crippen LogP contribution in [0.25, 0.3) is 0 Å². The molecule has 0 saturated carbocycles. The molecule has 3 aromatic carbocycles. The highest BCUT2D eigenvalue weighted by atomic mass is 35.5. The summed E-state index contributed by atoms with van der Waals surface area (Å²) in [7, 11) is 1.62. The van der Waals surface area contributed by atoms with Crippen molar-refractivity contribution < 1.29 is 33.6 Å². The van der Waals surface area contributed by atoms with Crippen LogP contribution in [0, 0.1) is 0 Å². The van der Waals surface area contributed by atoms with Gasteiger partial charge in [-0.05, 0) is 54.4 Å². The van der Waals surface area contributed by atoms with Crippen molar-refractivity contribution in [2.24, 2.45) is 0 Å². The highest BCUT2D eigenvalue weighted by molar-refractivity contribution is 6.32. The molecule has 0 fully saturated rings. The van der Waals surface area contributed by atoms with Crippen LogP contribution in [-0.4, -0.2) is 37.4 Å². The van der Waals surface area contributed by atoms with Gasteiger partial charge in [0.25, 0.3) is 5.91 Å². The Morgan fingerprint density at radius 1 is 1.11 bits per heavy atom. The predicted octanol–water partition coefficient (Wildman–Crippen LogP) is 5.63. The van der Waals surface area contributed by atoms with Gasteiger partial charge < -0.3 is 29.4 Å². The Balaban J connectivity index is 1.36. The van der Waals surface area contributed by atoms with Gasteiger partial charge in [0.15, 0.2) is 0 Å². The number of rotatable bonds is 8. The smallest absolute Gasteiger partial charge is 0.497 e. The molecule has 0 aliphatic carbocycles. The summed E-state index contributed by atoms with van der Waals surface area (Å²) in [6.45, 7) is 0.801. The van der Waals surface area contributed by atoms with E-state index in [0.717, 1.165) is 11.3 Å². The summed E-state index contributed by atoms with van der Waals surface area (Å²) in [5, 5.41) is 12.1. The fourth-order valence-electron chi connectivity index (χ4n) is 3.73. The average molecular weight is 498 g/mol. The van der Waals surface area contributed by atoms with Crippen molar-refractivity contribution in [1.29, 1.82) is 0 Å². The molecule has 0 saturated heterocycles. The number of hydrogen-bond donors (Lipinski definition) is 2. The van der Waals surface area contributed by atoms with Crippen LogP contribution >= 0.6 is 11.6 Å². The molecular formula is C26H24ClNO7. The molecule has 9 heteroatoms. The first-order valence-corrected chi connectivity index (χ1v) is 11.4. The molecule has 1 amide bonds. The lowest BCUT2D eigenvalue weighted by molar-refractivity contribution is 0.0326. The van der Waals surface area contributed by atoms with Gasteiger partial charge in [0.05, 0.1) is 18.7 Å². The summed E-state index contributed by atoms with van der Waals surface area (Å²) in [4.78, 5) is 23.4. The quantitative estimate of drug-likeness (QED) is 0.388. The molecule has 4 rings (SSSR count). The van der Waals surface area contributed by atoms with E-state index < -0.39 is 12.3 Å². The van der Waals surface area contributed by atoms with Crippen molar-refractivity contribution >= 4 is 23.7 Å². The van der Waals surface area contributed by atoms with Crippen LogP contribution in [0.15, 0.2) is 60.7 Å². The minimum Gasteiger partial charge on any atom is -0.497 e. The van der Waals surface area contributed by atoms with Crippen LogP contribution in [0.4, 0.5) is 4.79 Å². The molecular weight excluding hydrogens is 474 g/mol. The summed E-state index contributed by atoms with van der Waals surface area (Å²) in [5.74, 6) is 1.87. The number of methoxy groups -OCH3 is 1. The number of halogens is 1. The topological polar surface area (TPSA) is 103 Å². The first-order chi connectivity index (χ1) is 16.9. The Bertz CT molecular complexity index is 1210. The number of fused-ring (bicyclic) bond motifs is 1. The Labute approximate surface area is 207 Å². The lowest BCUT2D eigenvalue weighted by Crippen LogP contribution is -2.25. The predicted molar refractivity (Wildman–Crippen MR) is 129 cm³/mol. The molecule has 0 bridgehead atoms. The highest BCUT2D eigenvalue weighted by Crippen LogP contribution is 2.42. The third kappa shape index (κ3) is 6.16. The minimum atomic E-state index is -1.36. The van der Waals surface area contributed by atoms with E-state index in [2.05, 4.69) is 5.32 Å². The monoisotopic (exact) mass is 497 g/mol. The first-order valence-electron chi connectivity index (χ1n) is 11.0. The second-order valence-electron chi connectivity index (χ2n) is 7.81. The number of benzene rings is 3. The number of nitrogens with one attached hydrogen (secondary N) is 1. The standard InChI is InChI=1S/C26H24ClNO7/c1-32-19-4-2-3-16(13-19)9-11-28-25(29)17-5-7-18(8-6-17)34-24-15-23-20(14-21(24)27)22(10-12-33-23)35-26(30)31/h2-8,13-15,22H,9-12H2,1H3,(H,28,29)(H,30,31). The summed E-state index contributed by atoms with van der Waals surface area (Å²) in [6, 6.07) is 17.6. The fraction of sp³-hybridized carbons (Fsp3) is 0.231. The van der Waals surface area contributed by atoms with Crippen LogP contribution < -0.4 is 19.5 Å². The van der Waals surface area contributed by atoms with Crippen LogP contribution in [0.2, 0.25) is 5.02 Å². The lowest BCUT2D eigenvalue weighted by atomic mass is 10.0. The largest absolute Gasteiger partial charge is 0.506 e. The van der Waals surface area contributed by atoms with E-state index in [-0.39, 0.29) is 10.9 Å². The molecule has 0 radical (unpaired) electrons. The molecule has 1 aliphatic rings. The first kappa shape index (κ1) is 24.2. The van der Waals surface area contributed by atoms with Gasteiger partial charge >= 0.3 is 6.16 Å². The molecule has 182 valence electrons. The van der Waals surface area contributed by atoms with E-state index >= 15 is 0 Å². The number of amides is 1. The van der Waals surface area contributed by atoms with E-state index in [9.17, 15) is 9.59 Å². The number of ether oxygens (including phenoxy) is 4. The Morgan fingerprint density at radius 3 is 2.66 bits per heavy atom. The Kier molecular flexibility index (Phi) is 7.62. The summed E-state index contributed by atoms with van der Waals surface area (Å²) in [6.07, 6.45) is -0.923. The number of carbonyl (C=O) groups excluding carboxylic acids is 1. The molecule has 1 unspecified atom stereocenters. The van der Waals surface area contributed by atoms with Gasteiger partial charge in [-0.25, -0.2) is 4.79 Å². The zero-order valence-electron chi connectivity index (χ0n) is 19.0. The van der Waals surface area contributed by atoms with Crippen LogP contribution in [0.3, 0.4) is 0 Å². The number of hydrogen-bond acceptors (Lipinski definition) is 6. The van der Waals surface area contributed by atoms with Crippen molar-refractivity contribution in [2.45, 2.75) is 18.9 Å². The van der Waals surface area contributed by atoms with Gasteiger partial charge in [-0.2, -0.15) is 0 Å². The maximum Gasteiger partial charge on any atom is 0.506 e. The molecule has 1 atom stereocenters. The molecule has 3 aromatic rings. The van der Waals surface area contributed by atoms with Crippen molar-refractivity contribution in [3.05, 3.63) is 82.4 Å². The normalized spacial score (nSPS) is 14.3. The molecule has 1 heterocycles. The van der Waals surface area contributed by atoms with Crippen molar-refractivity contribution in [1.82, 2.24) is 5.32 Å².